The van der Waals surface area contributed by atoms with Gasteiger partial charge in [-0.3, -0.25) is 0 Å². The Balaban J connectivity index is 3.51. The molecule has 2 nitrogen and oxygen atoms in total. The average molecular weight is 159 g/mol. The van der Waals surface area contributed by atoms with E-state index < -0.39 is 0 Å². The number of hydrogen-bond acceptors (Lipinski definition) is 2. The van der Waals surface area contributed by atoms with Gasteiger partial charge >= 0.3 is 0 Å². The molecule has 11 heavy (non-hydrogen) atoms. The zero-order valence-corrected chi connectivity index (χ0v) is 8.18. The van der Waals surface area contributed by atoms with Crippen molar-refractivity contribution in [1.29, 1.82) is 0 Å². The van der Waals surface area contributed by atoms with E-state index >= 15 is 0 Å². The summed E-state index contributed by atoms with van der Waals surface area (Å²) in [7, 11) is 1.77. The van der Waals surface area contributed by atoms with E-state index in [2.05, 4.69) is 26.1 Å². The Morgan fingerprint density at radius 2 is 2.00 bits per heavy atom. The lowest BCUT2D eigenvalue weighted by atomic mass is 9.97. The van der Waals surface area contributed by atoms with Gasteiger partial charge in [0.25, 0.3) is 0 Å². The molecule has 2 heteroatoms. The maximum absolute atomic E-state index is 5.12. The smallest absolute Gasteiger partial charge is 0.0505 e. The van der Waals surface area contributed by atoms with Gasteiger partial charge in [0, 0.05) is 13.7 Å². The topological polar surface area (TPSA) is 21.3 Å². The van der Waals surface area contributed by atoms with Crippen LogP contribution in [-0.4, -0.2) is 26.8 Å². The molecule has 0 aromatic carbocycles. The summed E-state index contributed by atoms with van der Waals surface area (Å²) >= 11 is 0. The summed E-state index contributed by atoms with van der Waals surface area (Å²) in [6.45, 7) is 9.59. The fourth-order valence-electron chi connectivity index (χ4n) is 1.03. The van der Waals surface area contributed by atoms with Crippen molar-refractivity contribution >= 4 is 0 Å². The number of methoxy groups -OCH3 is 1. The van der Waals surface area contributed by atoms with Crippen molar-refractivity contribution in [3.63, 3.8) is 0 Å². The van der Waals surface area contributed by atoms with Gasteiger partial charge in [-0.2, -0.15) is 0 Å². The third-order valence-electron chi connectivity index (χ3n) is 1.98. The lowest BCUT2D eigenvalue weighted by Crippen LogP contribution is -2.29. The summed E-state index contributed by atoms with van der Waals surface area (Å²) in [5, 5.41) is 3.33. The monoisotopic (exact) mass is 159 g/mol. The standard InChI is InChI=1S/C9H21NO/c1-5-10-6-9(7-11-4)8(2)3/h8-10H,5-7H2,1-4H3. The van der Waals surface area contributed by atoms with Gasteiger partial charge in [-0.25, -0.2) is 0 Å². The summed E-state index contributed by atoms with van der Waals surface area (Å²) in [5.74, 6) is 1.36. The number of rotatable bonds is 6. The normalized spacial score (nSPS) is 13.9. The van der Waals surface area contributed by atoms with E-state index in [9.17, 15) is 0 Å². The Kier molecular flexibility index (Phi) is 6.57. The van der Waals surface area contributed by atoms with Crippen LogP contribution in [0.5, 0.6) is 0 Å². The number of nitrogens with one attached hydrogen (secondary N) is 1. The van der Waals surface area contributed by atoms with Gasteiger partial charge in [-0.05, 0) is 18.4 Å². The van der Waals surface area contributed by atoms with Crippen molar-refractivity contribution < 1.29 is 4.74 Å². The minimum atomic E-state index is 0.653. The molecule has 0 heterocycles. The number of ether oxygens (including phenoxy) is 1. The average Bonchev–Trinajstić information content (AvgIpc) is 1.97. The molecule has 1 unspecified atom stereocenters. The molecule has 0 aliphatic carbocycles. The Morgan fingerprint density at radius 1 is 1.36 bits per heavy atom. The molecule has 0 radical (unpaired) electrons. The molecule has 0 bridgehead atoms. The molecule has 0 saturated heterocycles. The zero-order valence-electron chi connectivity index (χ0n) is 8.18. The van der Waals surface area contributed by atoms with Crippen LogP contribution in [0, 0.1) is 11.8 Å². The molecule has 0 aliphatic heterocycles. The first kappa shape index (κ1) is 10.9. The molecular weight excluding hydrogens is 138 g/mol. The van der Waals surface area contributed by atoms with Crippen molar-refractivity contribution in [2.24, 2.45) is 11.8 Å². The molecule has 0 fully saturated rings. The molecule has 0 aromatic rings. The van der Waals surface area contributed by atoms with E-state index in [1.807, 2.05) is 0 Å². The third kappa shape index (κ3) is 5.22. The first-order valence-corrected chi connectivity index (χ1v) is 4.42. The highest BCUT2D eigenvalue weighted by Gasteiger charge is 2.11. The minimum absolute atomic E-state index is 0.653. The quantitative estimate of drug-likeness (QED) is 0.634. The second kappa shape index (κ2) is 6.62. The molecule has 0 spiro atoms. The van der Waals surface area contributed by atoms with Crippen LogP contribution in [0.4, 0.5) is 0 Å². The van der Waals surface area contributed by atoms with Crippen LogP contribution in [0.2, 0.25) is 0 Å². The van der Waals surface area contributed by atoms with Gasteiger partial charge in [0.05, 0.1) is 6.61 Å². The summed E-state index contributed by atoms with van der Waals surface area (Å²) in [5.41, 5.74) is 0. The van der Waals surface area contributed by atoms with Gasteiger partial charge in [0.15, 0.2) is 0 Å². The lowest BCUT2D eigenvalue weighted by molar-refractivity contribution is 0.128. The highest BCUT2D eigenvalue weighted by atomic mass is 16.5. The Morgan fingerprint density at radius 3 is 2.36 bits per heavy atom. The fourth-order valence-corrected chi connectivity index (χ4v) is 1.03. The fraction of sp³-hybridized carbons (Fsp3) is 1.00. The zero-order chi connectivity index (χ0) is 8.69. The predicted octanol–water partition coefficient (Wildman–Crippen LogP) is 1.51. The van der Waals surface area contributed by atoms with Crippen LogP contribution < -0.4 is 5.32 Å². The van der Waals surface area contributed by atoms with E-state index in [1.165, 1.54) is 0 Å². The molecule has 0 amide bonds. The largest absolute Gasteiger partial charge is 0.384 e. The molecule has 68 valence electrons. The van der Waals surface area contributed by atoms with Crippen LogP contribution in [0.25, 0.3) is 0 Å². The lowest BCUT2D eigenvalue weighted by Gasteiger charge is -2.19. The SMILES string of the molecule is CCNCC(COC)C(C)C. The van der Waals surface area contributed by atoms with Gasteiger partial charge in [-0.15, -0.1) is 0 Å². The van der Waals surface area contributed by atoms with E-state index in [-0.39, 0.29) is 0 Å². The third-order valence-corrected chi connectivity index (χ3v) is 1.98. The van der Waals surface area contributed by atoms with Crippen LogP contribution >= 0.6 is 0 Å². The highest BCUT2D eigenvalue weighted by Crippen LogP contribution is 2.09. The van der Waals surface area contributed by atoms with Crippen molar-refractivity contribution in [3.8, 4) is 0 Å². The Bertz CT molecular complexity index is 83.6. The maximum Gasteiger partial charge on any atom is 0.0505 e. The van der Waals surface area contributed by atoms with Crippen molar-refractivity contribution in [2.75, 3.05) is 26.8 Å². The predicted molar refractivity (Wildman–Crippen MR) is 48.7 cm³/mol. The molecule has 0 saturated carbocycles. The van der Waals surface area contributed by atoms with Gasteiger partial charge in [-0.1, -0.05) is 20.8 Å². The summed E-state index contributed by atoms with van der Waals surface area (Å²) in [4.78, 5) is 0. The highest BCUT2D eigenvalue weighted by molar-refractivity contribution is 4.64. The van der Waals surface area contributed by atoms with Crippen molar-refractivity contribution in [2.45, 2.75) is 20.8 Å². The molecule has 1 N–H and O–H groups in total. The van der Waals surface area contributed by atoms with Crippen molar-refractivity contribution in [1.82, 2.24) is 5.32 Å². The van der Waals surface area contributed by atoms with E-state index in [4.69, 9.17) is 4.74 Å². The van der Waals surface area contributed by atoms with Gasteiger partial charge in [0.1, 0.15) is 0 Å². The van der Waals surface area contributed by atoms with E-state index in [0.717, 1.165) is 19.7 Å². The summed E-state index contributed by atoms with van der Waals surface area (Å²) in [6, 6.07) is 0. The maximum atomic E-state index is 5.12. The second-order valence-electron chi connectivity index (χ2n) is 3.27. The van der Waals surface area contributed by atoms with E-state index in [1.54, 1.807) is 7.11 Å². The van der Waals surface area contributed by atoms with E-state index in [0.29, 0.717) is 11.8 Å². The molecule has 0 aromatic heterocycles. The molecule has 0 aliphatic rings. The Labute approximate surface area is 70.3 Å². The molecule has 1 atom stereocenters. The van der Waals surface area contributed by atoms with Crippen LogP contribution in [0.3, 0.4) is 0 Å². The van der Waals surface area contributed by atoms with Crippen LogP contribution in [-0.2, 0) is 4.74 Å². The second-order valence-corrected chi connectivity index (χ2v) is 3.27. The summed E-state index contributed by atoms with van der Waals surface area (Å²) < 4.78 is 5.12. The van der Waals surface area contributed by atoms with Crippen molar-refractivity contribution in [3.05, 3.63) is 0 Å². The first-order valence-electron chi connectivity index (χ1n) is 4.42. The minimum Gasteiger partial charge on any atom is -0.384 e. The van der Waals surface area contributed by atoms with Gasteiger partial charge < -0.3 is 10.1 Å². The van der Waals surface area contributed by atoms with Crippen LogP contribution in [0.1, 0.15) is 20.8 Å². The number of hydrogen-bond donors (Lipinski definition) is 1. The Hall–Kier alpha value is -0.0800. The summed E-state index contributed by atoms with van der Waals surface area (Å²) in [6.07, 6.45) is 0. The van der Waals surface area contributed by atoms with Crippen LogP contribution in [0.15, 0.2) is 0 Å². The first-order chi connectivity index (χ1) is 5.22. The molecule has 0 rings (SSSR count). The van der Waals surface area contributed by atoms with Gasteiger partial charge in [0.2, 0.25) is 0 Å². The molecular formula is C9H21NO.